The lowest BCUT2D eigenvalue weighted by molar-refractivity contribution is -0.131. The maximum atomic E-state index is 12.4. The van der Waals surface area contributed by atoms with Crippen molar-refractivity contribution in [2.45, 2.75) is 6.92 Å². The second-order valence-corrected chi connectivity index (χ2v) is 5.98. The van der Waals surface area contributed by atoms with Crippen molar-refractivity contribution in [1.29, 1.82) is 0 Å². The van der Waals surface area contributed by atoms with Gasteiger partial charge in [-0.2, -0.15) is 5.10 Å². The second-order valence-electron chi connectivity index (χ2n) is 5.12. The summed E-state index contributed by atoms with van der Waals surface area (Å²) < 4.78 is 6.32. The molecule has 0 atom stereocenters. The van der Waals surface area contributed by atoms with E-state index in [0.29, 0.717) is 26.7 Å². The molecule has 0 amide bonds. The maximum Gasteiger partial charge on any atom is 0.349 e. The molecule has 1 N–H and O–H groups in total. The van der Waals surface area contributed by atoms with Crippen LogP contribution in [0.5, 0.6) is 5.75 Å². The minimum Gasteiger partial charge on any atom is -0.426 e. The van der Waals surface area contributed by atoms with Crippen LogP contribution in [0.1, 0.15) is 12.5 Å². The number of ether oxygens (including phenoxy) is 1. The van der Waals surface area contributed by atoms with E-state index in [-0.39, 0.29) is 0 Å². The van der Waals surface area contributed by atoms with Gasteiger partial charge in [0.05, 0.1) is 21.6 Å². The molecule has 0 saturated heterocycles. The highest BCUT2D eigenvalue weighted by Crippen LogP contribution is 2.25. The number of aromatic nitrogens is 2. The number of carbonyl (C=O) groups is 1. The molecular weight excluding hydrogens is 390 g/mol. The molecule has 2 aromatic carbocycles. The number of aromatic amines is 1. The van der Waals surface area contributed by atoms with Crippen LogP contribution in [0.4, 0.5) is 0 Å². The van der Waals surface area contributed by atoms with E-state index < -0.39 is 17.2 Å². The van der Waals surface area contributed by atoms with Crippen molar-refractivity contribution in [1.82, 2.24) is 9.66 Å². The average Bonchev–Trinajstić information content (AvgIpc) is 2.56. The van der Waals surface area contributed by atoms with Gasteiger partial charge in [-0.25, -0.2) is 4.79 Å². The molecule has 0 radical (unpaired) electrons. The predicted octanol–water partition coefficient (Wildman–Crippen LogP) is 2.26. The Morgan fingerprint density at radius 3 is 2.72 bits per heavy atom. The summed E-state index contributed by atoms with van der Waals surface area (Å²) in [6.45, 7) is 1.31. The largest absolute Gasteiger partial charge is 0.426 e. The van der Waals surface area contributed by atoms with E-state index in [1.807, 2.05) is 0 Å². The number of hydrogen-bond acceptors (Lipinski definition) is 5. The third kappa shape index (κ3) is 3.58. The van der Waals surface area contributed by atoms with Gasteiger partial charge in [0.25, 0.3) is 5.56 Å². The van der Waals surface area contributed by atoms with Crippen LogP contribution in [0.2, 0.25) is 0 Å². The fourth-order valence-electron chi connectivity index (χ4n) is 2.22. The molecule has 3 aromatic rings. The van der Waals surface area contributed by atoms with Crippen LogP contribution in [-0.4, -0.2) is 21.8 Å². The number of esters is 1. The predicted molar refractivity (Wildman–Crippen MR) is 97.3 cm³/mol. The van der Waals surface area contributed by atoms with Gasteiger partial charge in [-0.15, -0.1) is 4.68 Å². The highest BCUT2D eigenvalue weighted by molar-refractivity contribution is 9.10. The highest BCUT2D eigenvalue weighted by Gasteiger charge is 2.07. The minimum atomic E-state index is -0.629. The van der Waals surface area contributed by atoms with E-state index in [9.17, 15) is 14.4 Å². The third-order valence-corrected chi connectivity index (χ3v) is 3.94. The first-order valence-electron chi connectivity index (χ1n) is 7.22. The van der Waals surface area contributed by atoms with E-state index >= 15 is 0 Å². The van der Waals surface area contributed by atoms with Gasteiger partial charge in [-0.3, -0.25) is 9.59 Å². The molecule has 0 bridgehead atoms. The number of halogens is 1. The fourth-order valence-corrected chi connectivity index (χ4v) is 2.69. The molecule has 126 valence electrons. The van der Waals surface area contributed by atoms with Crippen LogP contribution in [0.15, 0.2) is 61.6 Å². The Kier molecular flexibility index (Phi) is 4.62. The Bertz CT molecular complexity index is 1110. The lowest BCUT2D eigenvalue weighted by Gasteiger charge is -2.04. The third-order valence-electron chi connectivity index (χ3n) is 3.32. The standard InChI is InChI=1S/C17H12BrN3O4/c1-10(22)25-15-7-6-11(8-13(15)18)9-19-21-16(23)12-4-2-3-5-14(12)20-17(21)24/h2-9H,1H3,(H,20,24). The number of nitrogens with zero attached hydrogens (tertiary/aromatic N) is 2. The smallest absolute Gasteiger partial charge is 0.349 e. The molecule has 1 aromatic heterocycles. The fraction of sp³-hybridized carbons (Fsp3) is 0.0588. The molecule has 8 heteroatoms. The zero-order valence-electron chi connectivity index (χ0n) is 13.0. The number of fused-ring (bicyclic) bond motifs is 1. The molecule has 0 fully saturated rings. The Labute approximate surface area is 149 Å². The Morgan fingerprint density at radius 1 is 1.24 bits per heavy atom. The summed E-state index contributed by atoms with van der Waals surface area (Å²) in [6, 6.07) is 11.6. The minimum absolute atomic E-state index is 0.366. The zero-order chi connectivity index (χ0) is 18.0. The normalized spacial score (nSPS) is 11.1. The second kappa shape index (κ2) is 6.86. The van der Waals surface area contributed by atoms with Crippen LogP contribution < -0.4 is 16.0 Å². The molecule has 25 heavy (non-hydrogen) atoms. The van der Waals surface area contributed by atoms with Crippen molar-refractivity contribution in [3.05, 3.63) is 73.3 Å². The highest BCUT2D eigenvalue weighted by atomic mass is 79.9. The van der Waals surface area contributed by atoms with Crippen molar-refractivity contribution in [2.75, 3.05) is 0 Å². The Morgan fingerprint density at radius 2 is 2.00 bits per heavy atom. The molecular formula is C17H12BrN3O4. The first-order chi connectivity index (χ1) is 12.0. The van der Waals surface area contributed by atoms with Crippen molar-refractivity contribution >= 4 is 39.0 Å². The van der Waals surface area contributed by atoms with Gasteiger partial charge >= 0.3 is 11.7 Å². The number of H-pyrrole nitrogens is 1. The number of para-hydroxylation sites is 1. The van der Waals surface area contributed by atoms with Crippen LogP contribution in [0.25, 0.3) is 10.9 Å². The lowest BCUT2D eigenvalue weighted by Crippen LogP contribution is -2.32. The van der Waals surface area contributed by atoms with E-state index in [4.69, 9.17) is 4.74 Å². The molecule has 0 aliphatic rings. The molecule has 0 unspecified atom stereocenters. The van der Waals surface area contributed by atoms with Gasteiger partial charge < -0.3 is 9.72 Å². The number of carbonyl (C=O) groups excluding carboxylic acids is 1. The first kappa shape index (κ1) is 16.8. The van der Waals surface area contributed by atoms with Crippen LogP contribution in [0, 0.1) is 0 Å². The van der Waals surface area contributed by atoms with E-state index in [1.165, 1.54) is 13.1 Å². The summed E-state index contributed by atoms with van der Waals surface area (Å²) in [5, 5.41) is 4.33. The van der Waals surface area contributed by atoms with E-state index in [0.717, 1.165) is 4.68 Å². The molecule has 0 saturated carbocycles. The average molecular weight is 402 g/mol. The zero-order valence-corrected chi connectivity index (χ0v) is 14.6. The summed E-state index contributed by atoms with van der Waals surface area (Å²) in [5.74, 6) is -0.0678. The summed E-state index contributed by atoms with van der Waals surface area (Å²) >= 11 is 3.29. The van der Waals surface area contributed by atoms with Crippen molar-refractivity contribution in [3.8, 4) is 5.75 Å². The van der Waals surface area contributed by atoms with Gasteiger partial charge in [0.2, 0.25) is 0 Å². The van der Waals surface area contributed by atoms with Gasteiger partial charge in [0.15, 0.2) is 0 Å². The molecule has 7 nitrogen and oxygen atoms in total. The van der Waals surface area contributed by atoms with Crippen molar-refractivity contribution in [3.63, 3.8) is 0 Å². The van der Waals surface area contributed by atoms with Crippen molar-refractivity contribution in [2.24, 2.45) is 5.10 Å². The quantitative estimate of drug-likeness (QED) is 0.413. The summed E-state index contributed by atoms with van der Waals surface area (Å²) in [7, 11) is 0. The Balaban J connectivity index is 1.99. The molecule has 0 aliphatic carbocycles. The number of rotatable bonds is 3. The van der Waals surface area contributed by atoms with Crippen LogP contribution >= 0.6 is 15.9 Å². The number of hydrogen-bond donors (Lipinski definition) is 1. The molecule has 0 aliphatic heterocycles. The first-order valence-corrected chi connectivity index (χ1v) is 8.01. The lowest BCUT2D eigenvalue weighted by atomic mass is 10.2. The topological polar surface area (TPSA) is 93.5 Å². The van der Waals surface area contributed by atoms with E-state index in [1.54, 1.807) is 42.5 Å². The Hall–Kier alpha value is -3.00. The molecule has 0 spiro atoms. The van der Waals surface area contributed by atoms with Gasteiger partial charge in [-0.1, -0.05) is 12.1 Å². The van der Waals surface area contributed by atoms with E-state index in [2.05, 4.69) is 26.0 Å². The summed E-state index contributed by atoms with van der Waals surface area (Å²) in [4.78, 5) is 38.0. The SMILES string of the molecule is CC(=O)Oc1ccc(C=Nn2c(=O)[nH]c3ccccc3c2=O)cc1Br. The van der Waals surface area contributed by atoms with Crippen molar-refractivity contribution < 1.29 is 9.53 Å². The summed E-state index contributed by atoms with van der Waals surface area (Å²) in [5.41, 5.74) is -0.0681. The monoisotopic (exact) mass is 401 g/mol. The number of nitrogens with one attached hydrogen (secondary N) is 1. The van der Waals surface area contributed by atoms with Crippen LogP contribution in [-0.2, 0) is 4.79 Å². The summed E-state index contributed by atoms with van der Waals surface area (Å²) in [6.07, 6.45) is 1.37. The van der Waals surface area contributed by atoms with Gasteiger partial charge in [0, 0.05) is 6.92 Å². The van der Waals surface area contributed by atoms with Crippen LogP contribution in [0.3, 0.4) is 0 Å². The van der Waals surface area contributed by atoms with Gasteiger partial charge in [-0.05, 0) is 51.8 Å². The molecule has 3 rings (SSSR count). The number of benzene rings is 2. The van der Waals surface area contributed by atoms with Gasteiger partial charge in [0.1, 0.15) is 5.75 Å². The maximum absolute atomic E-state index is 12.4. The molecule has 1 heterocycles.